The molecular weight excluding hydrogens is 498 g/mol. The lowest BCUT2D eigenvalue weighted by atomic mass is 9.58. The fraction of sp³-hybridized carbons (Fsp3) is 0.171. The molecule has 0 saturated heterocycles. The van der Waals surface area contributed by atoms with Crippen LogP contribution < -0.4 is 0 Å². The lowest BCUT2D eigenvalue weighted by molar-refractivity contribution is -0.544. The molecule has 0 spiro atoms. The fourth-order valence-electron chi connectivity index (χ4n) is 5.89. The highest BCUT2D eigenvalue weighted by molar-refractivity contribution is 5.99. The molecule has 0 bridgehead atoms. The molecule has 5 rings (SSSR count). The van der Waals surface area contributed by atoms with Crippen LogP contribution in [0.5, 0.6) is 0 Å². The molecule has 4 aromatic carbocycles. The van der Waals surface area contributed by atoms with Crippen molar-refractivity contribution in [2.75, 3.05) is 0 Å². The van der Waals surface area contributed by atoms with Crippen LogP contribution in [0.2, 0.25) is 0 Å². The summed E-state index contributed by atoms with van der Waals surface area (Å²) in [6.07, 6.45) is 7.30. The number of nitrogens with zero attached hydrogens (tertiary/aromatic N) is 1. The highest BCUT2D eigenvalue weighted by Gasteiger charge is 2.59. The van der Waals surface area contributed by atoms with Crippen molar-refractivity contribution in [2.24, 2.45) is 17.8 Å². The summed E-state index contributed by atoms with van der Waals surface area (Å²) >= 11 is 0. The van der Waals surface area contributed by atoms with Crippen LogP contribution in [0.1, 0.15) is 33.5 Å². The van der Waals surface area contributed by atoms with Gasteiger partial charge in [0.2, 0.25) is 6.04 Å². The lowest BCUT2D eigenvalue weighted by Crippen LogP contribution is -2.56. The first-order valence-electron chi connectivity index (χ1n) is 13.4. The maximum absolute atomic E-state index is 14.2. The number of nitro groups is 1. The van der Waals surface area contributed by atoms with Gasteiger partial charge in [-0.2, -0.15) is 0 Å². The van der Waals surface area contributed by atoms with Gasteiger partial charge in [-0.25, -0.2) is 0 Å². The minimum absolute atomic E-state index is 0.0326. The summed E-state index contributed by atoms with van der Waals surface area (Å²) in [5.41, 5.74) is 1.12. The van der Waals surface area contributed by atoms with Crippen molar-refractivity contribution in [1.29, 1.82) is 0 Å². The van der Waals surface area contributed by atoms with E-state index in [2.05, 4.69) is 0 Å². The Bertz CT molecular complexity index is 1490. The summed E-state index contributed by atoms with van der Waals surface area (Å²) in [7, 11) is 0. The van der Waals surface area contributed by atoms with Crippen molar-refractivity contribution in [1.82, 2.24) is 0 Å². The van der Waals surface area contributed by atoms with Gasteiger partial charge in [-0.1, -0.05) is 146 Å². The Morgan fingerprint density at radius 1 is 0.750 bits per heavy atom. The van der Waals surface area contributed by atoms with Gasteiger partial charge in [0.25, 0.3) is 0 Å². The predicted octanol–water partition coefficient (Wildman–Crippen LogP) is 7.08. The number of hydrogen-bond donors (Lipinski definition) is 1. The Kier molecular flexibility index (Phi) is 8.13. The average Bonchev–Trinajstić information content (AvgIpc) is 3.00. The van der Waals surface area contributed by atoms with E-state index in [1.165, 1.54) is 0 Å². The molecule has 1 N–H and O–H groups in total. The molecule has 0 unspecified atom stereocenters. The molecule has 0 heterocycles. The maximum atomic E-state index is 14.2. The quantitative estimate of drug-likeness (QED) is 0.150. The predicted molar refractivity (Wildman–Crippen MR) is 158 cm³/mol. The van der Waals surface area contributed by atoms with Gasteiger partial charge in [-0.15, -0.1) is 0 Å². The first kappa shape index (κ1) is 27.0. The molecule has 5 heteroatoms. The number of Topliss-reactive ketones (excluding diaryl/α,β-unsaturated/α-hetero) is 1. The van der Waals surface area contributed by atoms with Crippen LogP contribution in [-0.2, 0) is 5.60 Å². The van der Waals surface area contributed by atoms with Crippen LogP contribution in [0.15, 0.2) is 133 Å². The largest absolute Gasteiger partial charge is 0.384 e. The van der Waals surface area contributed by atoms with Crippen LogP contribution in [-0.4, -0.2) is 21.9 Å². The zero-order valence-corrected chi connectivity index (χ0v) is 22.0. The number of aliphatic hydroxyl groups is 1. The van der Waals surface area contributed by atoms with E-state index in [9.17, 15) is 20.0 Å². The minimum Gasteiger partial charge on any atom is -0.384 e. The third-order valence-electron chi connectivity index (χ3n) is 7.78. The summed E-state index contributed by atoms with van der Waals surface area (Å²) in [4.78, 5) is 26.7. The smallest absolute Gasteiger partial charge is 0.226 e. The zero-order valence-electron chi connectivity index (χ0n) is 22.0. The van der Waals surface area contributed by atoms with Gasteiger partial charge in [0.05, 0.1) is 11.8 Å². The number of ketones is 1. The van der Waals surface area contributed by atoms with Crippen LogP contribution in [0, 0.1) is 27.9 Å². The third-order valence-corrected chi connectivity index (χ3v) is 7.78. The van der Waals surface area contributed by atoms with Crippen LogP contribution in [0.3, 0.4) is 0 Å². The van der Waals surface area contributed by atoms with E-state index in [1.54, 1.807) is 42.5 Å². The van der Waals surface area contributed by atoms with Gasteiger partial charge in [-0.05, 0) is 23.1 Å². The van der Waals surface area contributed by atoms with Gasteiger partial charge >= 0.3 is 0 Å². The van der Waals surface area contributed by atoms with Crippen molar-refractivity contribution in [3.8, 4) is 0 Å². The van der Waals surface area contributed by atoms with Crippen molar-refractivity contribution in [3.05, 3.63) is 166 Å². The Hall–Kier alpha value is -4.61. The van der Waals surface area contributed by atoms with E-state index < -0.39 is 29.4 Å². The standard InChI is InChI=1S/C35H31NO4/c37-34(28-17-9-3-10-18-28)32-31(24-22-27-15-7-2-8-16-27)33(36(39)40)29(23-21-26-13-5-1-6-14-26)25-35(32,38)30-19-11-4-12-20-30/h1-24,29,31-33,38H,25H2/b23-21+,24-22+/t29-,31+,32-,33+,35+/m1/s1. The summed E-state index contributed by atoms with van der Waals surface area (Å²) in [6, 6.07) is 35.8. The third kappa shape index (κ3) is 5.70. The highest BCUT2D eigenvalue weighted by atomic mass is 16.6. The number of hydrogen-bond acceptors (Lipinski definition) is 4. The number of rotatable bonds is 8. The molecule has 1 aliphatic carbocycles. The highest BCUT2D eigenvalue weighted by Crippen LogP contribution is 2.50. The summed E-state index contributed by atoms with van der Waals surface area (Å²) in [5, 5.41) is 25.4. The molecule has 0 radical (unpaired) electrons. The second kappa shape index (κ2) is 12.1. The van der Waals surface area contributed by atoms with Crippen molar-refractivity contribution in [2.45, 2.75) is 18.1 Å². The second-order valence-electron chi connectivity index (χ2n) is 10.3. The molecule has 0 amide bonds. The first-order chi connectivity index (χ1) is 19.5. The SMILES string of the molecule is O=C(c1ccccc1)[C@H]1[C@H](/C=C/c2ccccc2)[C@@H]([N+](=O)[O-])[C@H](/C=C/c2ccccc2)C[C@]1(O)c1ccccc1. The van der Waals surface area contributed by atoms with Crippen molar-refractivity contribution >= 4 is 17.9 Å². The van der Waals surface area contributed by atoms with E-state index in [4.69, 9.17) is 0 Å². The van der Waals surface area contributed by atoms with Crippen LogP contribution in [0.25, 0.3) is 12.2 Å². The number of benzene rings is 4. The molecular formula is C35H31NO4. The molecule has 0 aromatic heterocycles. The lowest BCUT2D eigenvalue weighted by Gasteiger charge is -2.47. The number of carbonyl (C=O) groups excluding carboxylic acids is 1. The Balaban J connectivity index is 1.69. The van der Waals surface area contributed by atoms with Gasteiger partial charge < -0.3 is 5.11 Å². The van der Waals surface area contributed by atoms with Gasteiger partial charge in [0.1, 0.15) is 5.60 Å². The van der Waals surface area contributed by atoms with Crippen molar-refractivity contribution < 1.29 is 14.8 Å². The molecule has 40 heavy (non-hydrogen) atoms. The molecule has 1 saturated carbocycles. The van der Waals surface area contributed by atoms with Crippen LogP contribution in [0.4, 0.5) is 0 Å². The van der Waals surface area contributed by atoms with Gasteiger partial charge in [0.15, 0.2) is 5.78 Å². The van der Waals surface area contributed by atoms with Crippen molar-refractivity contribution in [3.63, 3.8) is 0 Å². The molecule has 0 aliphatic heterocycles. The fourth-order valence-corrected chi connectivity index (χ4v) is 5.89. The maximum Gasteiger partial charge on any atom is 0.226 e. The first-order valence-corrected chi connectivity index (χ1v) is 13.4. The summed E-state index contributed by atoms with van der Waals surface area (Å²) < 4.78 is 0. The van der Waals surface area contributed by atoms with Crippen LogP contribution >= 0.6 is 0 Å². The van der Waals surface area contributed by atoms with E-state index in [-0.39, 0.29) is 17.1 Å². The molecule has 5 atom stereocenters. The van der Waals surface area contributed by atoms with E-state index >= 15 is 0 Å². The number of carbonyl (C=O) groups is 1. The zero-order chi connectivity index (χ0) is 28.0. The Morgan fingerprint density at radius 2 is 1.23 bits per heavy atom. The molecule has 1 fully saturated rings. The van der Waals surface area contributed by atoms with Gasteiger partial charge in [0, 0.05) is 16.4 Å². The molecule has 4 aromatic rings. The Morgan fingerprint density at radius 3 is 1.75 bits per heavy atom. The topological polar surface area (TPSA) is 80.4 Å². The summed E-state index contributed by atoms with van der Waals surface area (Å²) in [6.45, 7) is 0. The minimum atomic E-state index is -1.64. The van der Waals surface area contributed by atoms with E-state index in [0.717, 1.165) is 11.1 Å². The second-order valence-corrected chi connectivity index (χ2v) is 10.3. The molecule has 5 nitrogen and oxygen atoms in total. The monoisotopic (exact) mass is 529 g/mol. The Labute approximate surface area is 234 Å². The van der Waals surface area contributed by atoms with E-state index in [0.29, 0.717) is 11.1 Å². The van der Waals surface area contributed by atoms with Gasteiger partial charge in [-0.3, -0.25) is 14.9 Å². The molecule has 200 valence electrons. The van der Waals surface area contributed by atoms with E-state index in [1.807, 2.05) is 103 Å². The molecule has 1 aliphatic rings. The normalized spacial score (nSPS) is 24.7. The average molecular weight is 530 g/mol. The summed E-state index contributed by atoms with van der Waals surface area (Å²) in [5.74, 6) is -2.90.